The molecule has 1 N–H and O–H groups in total. The average molecular weight is 258 g/mol. The van der Waals surface area contributed by atoms with Crippen LogP contribution in [0.4, 0.5) is 10.1 Å². The summed E-state index contributed by atoms with van der Waals surface area (Å²) in [5.41, 5.74) is 0.603. The van der Waals surface area contributed by atoms with Crippen molar-refractivity contribution in [2.45, 2.75) is 19.3 Å². The summed E-state index contributed by atoms with van der Waals surface area (Å²) in [5.74, 6) is 0.570. The number of hydrogen-bond acceptors (Lipinski definition) is 1. The second kappa shape index (κ2) is 4.30. The number of nitrogens with one attached hydrogen (secondary N) is 1. The molecule has 3 heteroatoms. The third-order valence-electron chi connectivity index (χ3n) is 2.73. The van der Waals surface area contributed by atoms with E-state index in [9.17, 15) is 4.39 Å². The third kappa shape index (κ3) is 2.27. The molecule has 0 aliphatic heterocycles. The Morgan fingerprint density at radius 1 is 1.43 bits per heavy atom. The van der Waals surface area contributed by atoms with Gasteiger partial charge in [-0.05, 0) is 37.0 Å². The zero-order valence-electron chi connectivity index (χ0n) is 7.89. The maximum absolute atomic E-state index is 13.3. The van der Waals surface area contributed by atoms with E-state index in [0.29, 0.717) is 5.69 Å². The Hall–Kier alpha value is -0.570. The van der Waals surface area contributed by atoms with Crippen molar-refractivity contribution in [1.29, 1.82) is 0 Å². The molecule has 0 amide bonds. The molecule has 1 aliphatic carbocycles. The lowest BCUT2D eigenvalue weighted by molar-refractivity contribution is 0.333. The summed E-state index contributed by atoms with van der Waals surface area (Å²) in [6, 6.07) is 4.98. The van der Waals surface area contributed by atoms with Crippen LogP contribution < -0.4 is 5.32 Å². The van der Waals surface area contributed by atoms with Crippen molar-refractivity contribution in [1.82, 2.24) is 0 Å². The summed E-state index contributed by atoms with van der Waals surface area (Å²) in [7, 11) is 0. The molecule has 0 radical (unpaired) electrons. The number of halogens is 2. The lowest BCUT2D eigenvalue weighted by Gasteiger charge is -2.25. The highest BCUT2D eigenvalue weighted by Crippen LogP contribution is 2.27. The van der Waals surface area contributed by atoms with Gasteiger partial charge in [0, 0.05) is 11.0 Å². The molecule has 0 spiro atoms. The first kappa shape index (κ1) is 9.97. The maximum atomic E-state index is 13.3. The molecule has 14 heavy (non-hydrogen) atoms. The van der Waals surface area contributed by atoms with Crippen molar-refractivity contribution < 1.29 is 4.39 Å². The predicted molar refractivity (Wildman–Crippen MR) is 59.9 cm³/mol. The monoisotopic (exact) mass is 257 g/mol. The van der Waals surface area contributed by atoms with Crippen LogP contribution in [0.3, 0.4) is 0 Å². The Morgan fingerprint density at radius 3 is 2.86 bits per heavy atom. The molecule has 0 bridgehead atoms. The van der Waals surface area contributed by atoms with Crippen molar-refractivity contribution in [2.75, 3.05) is 11.9 Å². The lowest BCUT2D eigenvalue weighted by atomic mass is 9.85. The molecule has 2 rings (SSSR count). The van der Waals surface area contributed by atoms with Gasteiger partial charge in [0.25, 0.3) is 0 Å². The molecule has 1 aromatic rings. The van der Waals surface area contributed by atoms with Crippen molar-refractivity contribution >= 4 is 21.6 Å². The van der Waals surface area contributed by atoms with Crippen molar-refractivity contribution in [3.8, 4) is 0 Å². The Bertz CT molecular complexity index is 323. The molecule has 1 nitrogen and oxygen atoms in total. The van der Waals surface area contributed by atoms with Gasteiger partial charge in [-0.25, -0.2) is 4.39 Å². The van der Waals surface area contributed by atoms with Gasteiger partial charge < -0.3 is 5.32 Å². The second-order valence-electron chi connectivity index (χ2n) is 3.80. The van der Waals surface area contributed by atoms with E-state index in [-0.39, 0.29) is 5.82 Å². The second-order valence-corrected chi connectivity index (χ2v) is 4.72. The molecule has 76 valence electrons. The number of hydrogen-bond donors (Lipinski definition) is 1. The molecule has 1 fully saturated rings. The largest absolute Gasteiger partial charge is 0.382 e. The van der Waals surface area contributed by atoms with Gasteiger partial charge in [0.05, 0.1) is 5.69 Å². The predicted octanol–water partition coefficient (Wildman–Crippen LogP) is 3.80. The number of benzene rings is 1. The first-order valence-corrected chi connectivity index (χ1v) is 5.74. The number of rotatable bonds is 3. The van der Waals surface area contributed by atoms with E-state index < -0.39 is 0 Å². The van der Waals surface area contributed by atoms with E-state index in [1.807, 2.05) is 0 Å². The molecular formula is C11H13BrFN. The highest BCUT2D eigenvalue weighted by molar-refractivity contribution is 9.10. The Balaban J connectivity index is 1.96. The summed E-state index contributed by atoms with van der Waals surface area (Å²) < 4.78 is 14.2. The van der Waals surface area contributed by atoms with Crippen LogP contribution in [-0.4, -0.2) is 6.54 Å². The Morgan fingerprint density at radius 2 is 2.21 bits per heavy atom. The minimum absolute atomic E-state index is 0.174. The molecule has 0 aromatic heterocycles. The molecule has 0 atom stereocenters. The Kier molecular flexibility index (Phi) is 3.06. The van der Waals surface area contributed by atoms with Crippen molar-refractivity contribution in [3.05, 3.63) is 28.5 Å². The first-order valence-electron chi connectivity index (χ1n) is 4.94. The molecule has 0 unspecified atom stereocenters. The van der Waals surface area contributed by atoms with Crippen molar-refractivity contribution in [3.63, 3.8) is 0 Å². The van der Waals surface area contributed by atoms with Gasteiger partial charge in [-0.3, -0.25) is 0 Å². The molecule has 0 saturated heterocycles. The van der Waals surface area contributed by atoms with E-state index in [0.717, 1.165) is 16.9 Å². The van der Waals surface area contributed by atoms with Gasteiger partial charge in [-0.1, -0.05) is 22.4 Å². The maximum Gasteiger partial charge on any atom is 0.146 e. The van der Waals surface area contributed by atoms with Gasteiger partial charge in [-0.2, -0.15) is 0 Å². The average Bonchev–Trinajstić information content (AvgIpc) is 2.08. The molecular weight excluding hydrogens is 245 g/mol. The van der Waals surface area contributed by atoms with Gasteiger partial charge >= 0.3 is 0 Å². The SMILES string of the molecule is Fc1ccc(Br)cc1NCC1CCC1. The zero-order valence-corrected chi connectivity index (χ0v) is 9.48. The number of anilines is 1. The molecule has 1 saturated carbocycles. The summed E-state index contributed by atoms with van der Waals surface area (Å²) >= 11 is 3.33. The fraction of sp³-hybridized carbons (Fsp3) is 0.455. The minimum atomic E-state index is -0.174. The quantitative estimate of drug-likeness (QED) is 0.869. The van der Waals surface area contributed by atoms with Crippen LogP contribution in [-0.2, 0) is 0 Å². The fourth-order valence-electron chi connectivity index (χ4n) is 1.58. The summed E-state index contributed by atoms with van der Waals surface area (Å²) in [5, 5.41) is 3.15. The highest BCUT2D eigenvalue weighted by atomic mass is 79.9. The van der Waals surface area contributed by atoms with Crippen LogP contribution >= 0.6 is 15.9 Å². The third-order valence-corrected chi connectivity index (χ3v) is 3.23. The summed E-state index contributed by atoms with van der Waals surface area (Å²) in [6.07, 6.45) is 3.89. The Labute approximate surface area is 91.8 Å². The van der Waals surface area contributed by atoms with Crippen LogP contribution in [0.1, 0.15) is 19.3 Å². The molecule has 0 heterocycles. The minimum Gasteiger partial charge on any atom is -0.382 e. The first-order chi connectivity index (χ1) is 6.75. The standard InChI is InChI=1S/C11H13BrFN/c12-9-4-5-10(13)11(6-9)14-7-8-2-1-3-8/h4-6,8,14H,1-3,7H2. The van der Waals surface area contributed by atoms with E-state index in [2.05, 4.69) is 21.2 Å². The van der Waals surface area contributed by atoms with Gasteiger partial charge in [0.2, 0.25) is 0 Å². The summed E-state index contributed by atoms with van der Waals surface area (Å²) in [6.45, 7) is 0.896. The van der Waals surface area contributed by atoms with Crippen LogP contribution in [0.5, 0.6) is 0 Å². The smallest absolute Gasteiger partial charge is 0.146 e. The van der Waals surface area contributed by atoms with Crippen LogP contribution in [0.15, 0.2) is 22.7 Å². The molecule has 1 aliphatic rings. The lowest BCUT2D eigenvalue weighted by Crippen LogP contribution is -2.21. The van der Waals surface area contributed by atoms with Crippen LogP contribution in [0.2, 0.25) is 0 Å². The highest BCUT2D eigenvalue weighted by Gasteiger charge is 2.17. The topological polar surface area (TPSA) is 12.0 Å². The zero-order chi connectivity index (χ0) is 9.97. The normalized spacial score (nSPS) is 16.4. The van der Waals surface area contributed by atoms with E-state index in [1.54, 1.807) is 12.1 Å². The van der Waals surface area contributed by atoms with E-state index >= 15 is 0 Å². The van der Waals surface area contributed by atoms with Crippen LogP contribution in [0.25, 0.3) is 0 Å². The van der Waals surface area contributed by atoms with E-state index in [4.69, 9.17) is 0 Å². The van der Waals surface area contributed by atoms with Gasteiger partial charge in [0.1, 0.15) is 5.82 Å². The molecule has 1 aromatic carbocycles. The van der Waals surface area contributed by atoms with Gasteiger partial charge in [0.15, 0.2) is 0 Å². The van der Waals surface area contributed by atoms with Crippen LogP contribution in [0, 0.1) is 11.7 Å². The van der Waals surface area contributed by atoms with Gasteiger partial charge in [-0.15, -0.1) is 0 Å². The van der Waals surface area contributed by atoms with E-state index in [1.165, 1.54) is 25.3 Å². The summed E-state index contributed by atoms with van der Waals surface area (Å²) in [4.78, 5) is 0. The fourth-order valence-corrected chi connectivity index (χ4v) is 1.95. The van der Waals surface area contributed by atoms with Crippen molar-refractivity contribution in [2.24, 2.45) is 5.92 Å².